The Morgan fingerprint density at radius 3 is 2.68 bits per heavy atom. The zero-order chi connectivity index (χ0) is 17.4. The second-order valence-corrected chi connectivity index (χ2v) is 6.18. The average Bonchev–Trinajstić information content (AvgIpc) is 3.38. The highest BCUT2D eigenvalue weighted by atomic mass is 127. The molecule has 0 aromatic heterocycles. The summed E-state index contributed by atoms with van der Waals surface area (Å²) >= 11 is 0. The molecule has 1 saturated carbocycles. The number of halogens is 2. The summed E-state index contributed by atoms with van der Waals surface area (Å²) in [5.74, 6) is 0.367. The summed E-state index contributed by atoms with van der Waals surface area (Å²) in [7, 11) is 3.13. The first-order valence-corrected chi connectivity index (χ1v) is 8.37. The number of esters is 1. The zero-order valence-corrected chi connectivity index (χ0v) is 17.1. The van der Waals surface area contributed by atoms with Gasteiger partial charge in [-0.25, -0.2) is 4.39 Å². The molecule has 140 valence electrons. The van der Waals surface area contributed by atoms with Crippen molar-refractivity contribution in [2.45, 2.75) is 37.5 Å². The first-order valence-electron chi connectivity index (χ1n) is 8.37. The van der Waals surface area contributed by atoms with Crippen molar-refractivity contribution in [3.63, 3.8) is 0 Å². The molecule has 0 bridgehead atoms. The lowest BCUT2D eigenvalue weighted by Gasteiger charge is -2.19. The van der Waals surface area contributed by atoms with Crippen LogP contribution in [0.5, 0.6) is 0 Å². The molecular formula is C18H27FIN3O2. The molecule has 0 saturated heterocycles. The molecular weight excluding hydrogens is 436 g/mol. The van der Waals surface area contributed by atoms with Gasteiger partial charge in [0.15, 0.2) is 5.96 Å². The van der Waals surface area contributed by atoms with Gasteiger partial charge in [0.05, 0.1) is 7.11 Å². The van der Waals surface area contributed by atoms with Gasteiger partial charge in [-0.3, -0.25) is 9.79 Å². The summed E-state index contributed by atoms with van der Waals surface area (Å²) in [6.07, 6.45) is 4.20. The topological polar surface area (TPSA) is 62.7 Å². The maximum Gasteiger partial charge on any atom is 0.305 e. The van der Waals surface area contributed by atoms with Crippen LogP contribution in [0.2, 0.25) is 0 Å². The maximum absolute atomic E-state index is 13.4. The van der Waals surface area contributed by atoms with Crippen molar-refractivity contribution in [1.29, 1.82) is 0 Å². The van der Waals surface area contributed by atoms with Crippen molar-refractivity contribution in [2.24, 2.45) is 4.99 Å². The van der Waals surface area contributed by atoms with Crippen LogP contribution in [-0.4, -0.2) is 39.2 Å². The van der Waals surface area contributed by atoms with Crippen LogP contribution in [0.3, 0.4) is 0 Å². The molecule has 1 aromatic carbocycles. The Morgan fingerprint density at radius 1 is 1.32 bits per heavy atom. The molecule has 0 heterocycles. The van der Waals surface area contributed by atoms with Gasteiger partial charge in [0.1, 0.15) is 5.82 Å². The van der Waals surface area contributed by atoms with E-state index in [-0.39, 0.29) is 41.2 Å². The minimum atomic E-state index is -0.188. The molecule has 2 N–H and O–H groups in total. The highest BCUT2D eigenvalue weighted by Crippen LogP contribution is 2.47. The van der Waals surface area contributed by atoms with Gasteiger partial charge in [-0.05, 0) is 43.4 Å². The van der Waals surface area contributed by atoms with E-state index in [4.69, 9.17) is 0 Å². The van der Waals surface area contributed by atoms with Crippen molar-refractivity contribution < 1.29 is 13.9 Å². The van der Waals surface area contributed by atoms with Gasteiger partial charge in [0, 0.05) is 32.0 Å². The first-order chi connectivity index (χ1) is 11.6. The summed E-state index contributed by atoms with van der Waals surface area (Å²) in [4.78, 5) is 15.2. The van der Waals surface area contributed by atoms with E-state index in [1.807, 2.05) is 6.07 Å². The fraction of sp³-hybridized carbons (Fsp3) is 0.556. The van der Waals surface area contributed by atoms with E-state index in [0.717, 1.165) is 50.3 Å². The number of nitrogens with zero attached hydrogens (tertiary/aromatic N) is 1. The largest absolute Gasteiger partial charge is 0.469 e. The van der Waals surface area contributed by atoms with Gasteiger partial charge in [0.2, 0.25) is 0 Å². The molecule has 0 spiro atoms. The molecule has 5 nitrogen and oxygen atoms in total. The third kappa shape index (κ3) is 6.80. The Labute approximate surface area is 165 Å². The van der Waals surface area contributed by atoms with Gasteiger partial charge < -0.3 is 15.4 Å². The molecule has 1 fully saturated rings. The predicted octanol–water partition coefficient (Wildman–Crippen LogP) is 2.98. The number of hydrogen-bond acceptors (Lipinski definition) is 3. The van der Waals surface area contributed by atoms with E-state index in [1.165, 1.54) is 13.2 Å². The maximum atomic E-state index is 13.4. The lowest BCUT2D eigenvalue weighted by atomic mass is 9.96. The van der Waals surface area contributed by atoms with Crippen LogP contribution >= 0.6 is 24.0 Å². The minimum Gasteiger partial charge on any atom is -0.469 e. The van der Waals surface area contributed by atoms with Crippen LogP contribution in [0.15, 0.2) is 29.3 Å². The van der Waals surface area contributed by atoms with Crippen LogP contribution in [-0.2, 0) is 14.9 Å². The Morgan fingerprint density at radius 2 is 2.08 bits per heavy atom. The van der Waals surface area contributed by atoms with Crippen LogP contribution in [0.25, 0.3) is 0 Å². The summed E-state index contributed by atoms with van der Waals surface area (Å²) in [6, 6.07) is 6.85. The average molecular weight is 463 g/mol. The standard InChI is InChI=1S/C18H26FN3O2.HI/c1-20-17(21-11-4-3-8-16(23)24-2)22-13-18(9-10-18)14-6-5-7-15(19)12-14;/h5-7,12H,3-4,8-11,13H2,1-2H3,(H2,20,21,22);1H. The molecule has 0 aliphatic heterocycles. The smallest absolute Gasteiger partial charge is 0.305 e. The van der Waals surface area contributed by atoms with E-state index in [1.54, 1.807) is 19.2 Å². The number of guanidine groups is 1. The van der Waals surface area contributed by atoms with E-state index in [2.05, 4.69) is 20.4 Å². The molecule has 1 aliphatic rings. The minimum absolute atomic E-state index is 0. The molecule has 0 atom stereocenters. The second-order valence-electron chi connectivity index (χ2n) is 6.18. The summed E-state index contributed by atoms with van der Waals surface area (Å²) in [5.41, 5.74) is 1.06. The fourth-order valence-electron chi connectivity index (χ4n) is 2.71. The molecule has 7 heteroatoms. The van der Waals surface area contributed by atoms with Gasteiger partial charge in [-0.1, -0.05) is 12.1 Å². The second kappa shape index (κ2) is 10.6. The third-order valence-corrected chi connectivity index (χ3v) is 4.44. The van der Waals surface area contributed by atoms with E-state index in [9.17, 15) is 9.18 Å². The molecule has 0 unspecified atom stereocenters. The number of ether oxygens (including phenoxy) is 1. The van der Waals surface area contributed by atoms with Crippen molar-refractivity contribution in [3.8, 4) is 0 Å². The number of aliphatic imine (C=N–C) groups is 1. The number of nitrogens with one attached hydrogen (secondary N) is 2. The van der Waals surface area contributed by atoms with E-state index < -0.39 is 0 Å². The monoisotopic (exact) mass is 463 g/mol. The molecule has 1 aromatic rings. The Bertz CT molecular complexity index is 591. The number of hydrogen-bond donors (Lipinski definition) is 2. The molecule has 0 radical (unpaired) electrons. The normalized spacial score (nSPS) is 15.1. The summed E-state index contributed by atoms with van der Waals surface area (Å²) < 4.78 is 18.0. The van der Waals surface area contributed by atoms with Crippen molar-refractivity contribution in [3.05, 3.63) is 35.6 Å². The first kappa shape index (κ1) is 21.7. The number of carbonyl (C=O) groups is 1. The fourth-order valence-corrected chi connectivity index (χ4v) is 2.71. The number of carbonyl (C=O) groups excluding carboxylic acids is 1. The summed E-state index contributed by atoms with van der Waals surface area (Å²) in [5, 5.41) is 6.56. The highest BCUT2D eigenvalue weighted by Gasteiger charge is 2.44. The van der Waals surface area contributed by atoms with Crippen LogP contribution in [0.1, 0.15) is 37.7 Å². The zero-order valence-electron chi connectivity index (χ0n) is 14.8. The number of unbranched alkanes of at least 4 members (excludes halogenated alkanes) is 1. The predicted molar refractivity (Wildman–Crippen MR) is 108 cm³/mol. The van der Waals surface area contributed by atoms with E-state index >= 15 is 0 Å². The third-order valence-electron chi connectivity index (χ3n) is 4.44. The quantitative estimate of drug-likeness (QED) is 0.205. The molecule has 1 aliphatic carbocycles. The molecule has 0 amide bonds. The van der Waals surface area contributed by atoms with Crippen LogP contribution < -0.4 is 10.6 Å². The van der Waals surface area contributed by atoms with E-state index in [0.29, 0.717) is 6.42 Å². The van der Waals surface area contributed by atoms with Gasteiger partial charge in [-0.2, -0.15) is 0 Å². The lowest BCUT2D eigenvalue weighted by molar-refractivity contribution is -0.140. The Hall–Kier alpha value is -1.38. The number of methoxy groups -OCH3 is 1. The SMILES string of the molecule is CN=C(NCCCCC(=O)OC)NCC1(c2cccc(F)c2)CC1.I. The van der Waals surface area contributed by atoms with Crippen molar-refractivity contribution in [2.75, 3.05) is 27.2 Å². The molecule has 25 heavy (non-hydrogen) atoms. The number of rotatable bonds is 8. The van der Waals surface area contributed by atoms with Crippen molar-refractivity contribution >= 4 is 35.9 Å². The van der Waals surface area contributed by atoms with Crippen molar-refractivity contribution in [1.82, 2.24) is 10.6 Å². The highest BCUT2D eigenvalue weighted by molar-refractivity contribution is 14.0. The van der Waals surface area contributed by atoms with Gasteiger partial charge in [0.25, 0.3) is 0 Å². The Balaban J connectivity index is 0.00000312. The van der Waals surface area contributed by atoms with Gasteiger partial charge >= 0.3 is 5.97 Å². The van der Waals surface area contributed by atoms with Crippen LogP contribution in [0.4, 0.5) is 4.39 Å². The molecule has 2 rings (SSSR count). The number of benzene rings is 1. The Kier molecular flexibility index (Phi) is 9.16. The summed E-state index contributed by atoms with van der Waals surface area (Å²) in [6.45, 7) is 1.47. The lowest BCUT2D eigenvalue weighted by Crippen LogP contribution is -2.41. The van der Waals surface area contributed by atoms with Crippen LogP contribution in [0, 0.1) is 5.82 Å². The van der Waals surface area contributed by atoms with Gasteiger partial charge in [-0.15, -0.1) is 24.0 Å².